The minimum atomic E-state index is -2.97. The van der Waals surface area contributed by atoms with Crippen LogP contribution in [0.1, 0.15) is 159 Å². The van der Waals surface area contributed by atoms with Crippen LogP contribution in [0.2, 0.25) is 0 Å². The van der Waals surface area contributed by atoms with Crippen molar-refractivity contribution in [2.75, 3.05) is 26.6 Å². The molecule has 0 spiro atoms. The van der Waals surface area contributed by atoms with Crippen LogP contribution in [0.25, 0.3) is 22.6 Å². The molecule has 0 radical (unpaired) electrons. The summed E-state index contributed by atoms with van der Waals surface area (Å²) >= 11 is 0. The molecular weight excluding hydrogens is 1360 g/mol. The predicted octanol–water partition coefficient (Wildman–Crippen LogP) is 14.3. The van der Waals surface area contributed by atoms with Crippen LogP contribution in [0.15, 0.2) is 179 Å². The van der Waals surface area contributed by atoms with Crippen LogP contribution in [-0.2, 0) is 46.6 Å². The topological polar surface area (TPSA) is 308 Å². The van der Waals surface area contributed by atoms with Gasteiger partial charge in [0.2, 0.25) is 24.6 Å². The molecule has 8 aromatic rings. The van der Waals surface area contributed by atoms with Crippen molar-refractivity contribution in [2.45, 2.75) is 131 Å². The van der Waals surface area contributed by atoms with Crippen LogP contribution in [0.4, 0.5) is 0 Å². The molecule has 4 atom stereocenters. The van der Waals surface area contributed by atoms with Crippen molar-refractivity contribution in [1.29, 1.82) is 0 Å². The fourth-order valence-electron chi connectivity index (χ4n) is 11.4. The number of rotatable bonds is 44. The summed E-state index contributed by atoms with van der Waals surface area (Å²) in [5.41, 5.74) is 2.67. The number of amides is 6. The monoisotopic (exact) mass is 1440 g/mol. The SMILES string of the molecule is CCCCC[C@@H](C(=O)NCNC(=O)c1ccc(-c2cc(OCC)cc(O[P+](=O)Oc3cc(OCC)cc(-c4ccc(C(=O)NCNC(=O)[C@H](CCCCC)[C@@H](CC)N(C=O)OC(=O)c5ccccc5OCc5ccccc5)o4)c3)c2)o1)[C@@H](CC)N(C=O)OC(=O)c1ccccc1OCc1ccccc1. The van der Waals surface area contributed by atoms with Gasteiger partial charge in [0.05, 0.1) is 50.5 Å². The summed E-state index contributed by atoms with van der Waals surface area (Å²) in [5.74, 6) is -4.39. The summed E-state index contributed by atoms with van der Waals surface area (Å²) in [6.45, 7) is 11.3. The van der Waals surface area contributed by atoms with Gasteiger partial charge in [0.15, 0.2) is 23.0 Å². The van der Waals surface area contributed by atoms with Crippen molar-refractivity contribution in [3.8, 4) is 57.1 Å². The Morgan fingerprint density at radius 3 is 1.21 bits per heavy atom. The molecule has 0 aliphatic carbocycles. The van der Waals surface area contributed by atoms with Gasteiger partial charge in [0.25, 0.3) is 11.8 Å². The second kappa shape index (κ2) is 40.8. The van der Waals surface area contributed by atoms with E-state index in [0.717, 1.165) is 46.9 Å². The lowest BCUT2D eigenvalue weighted by molar-refractivity contribution is -0.171. The van der Waals surface area contributed by atoms with Crippen LogP contribution >= 0.6 is 8.25 Å². The summed E-state index contributed by atoms with van der Waals surface area (Å²) in [6.07, 6.45) is 6.47. The standard InChI is InChI=1S/C78H87N6O19P/c1-7-13-17-31-61(65(9-3)83(51-85)100-77(91)63-33-23-25-35-69(63)96-47-53-27-19-15-20-28-53)73(87)79-49-81-75(89)71-39-37-67(98-71)55-41-57(94-11-5)45-59(43-55)102-104(93)103-60-44-56(42-58(46-60)95-12-6)68-38-40-72(99-68)76(90)82-50-80-74(88)62(32-18-14-8-2)66(10-4)84(52-86)101-78(92)64-34-24-26-36-70(64)97-48-54-29-21-16-22-30-54/h15-16,19-30,33-46,51-52,61-62,65-66H,7-14,17-18,31-32,47-50H2,1-6H3,(H3-,79,80,81,82,87,88,89,90)/p+1/t61-,62-,65-,66-/m1/s1. The van der Waals surface area contributed by atoms with E-state index in [1.165, 1.54) is 60.7 Å². The van der Waals surface area contributed by atoms with E-state index < -0.39 is 67.7 Å². The molecule has 548 valence electrons. The first-order valence-electron chi connectivity index (χ1n) is 34.7. The normalized spacial score (nSPS) is 12.0. The summed E-state index contributed by atoms with van der Waals surface area (Å²) < 4.78 is 61.0. The van der Waals surface area contributed by atoms with Gasteiger partial charge in [-0.3, -0.25) is 28.8 Å². The molecule has 0 saturated heterocycles. The fourth-order valence-corrected chi connectivity index (χ4v) is 12.0. The fraction of sp³-hybridized carbons (Fsp3) is 0.333. The van der Waals surface area contributed by atoms with Crippen molar-refractivity contribution in [2.24, 2.45) is 11.8 Å². The maximum Gasteiger partial charge on any atom is 0.805 e. The molecule has 2 heterocycles. The number of unbranched alkanes of at least 4 members (excludes halogenated alkanes) is 4. The molecule has 25 nitrogen and oxygen atoms in total. The van der Waals surface area contributed by atoms with E-state index in [9.17, 15) is 42.9 Å². The largest absolute Gasteiger partial charge is 0.805 e. The highest BCUT2D eigenvalue weighted by atomic mass is 31.1. The Bertz CT molecular complexity index is 3890. The van der Waals surface area contributed by atoms with Gasteiger partial charge < -0.3 is 58.7 Å². The number of benzene rings is 6. The molecule has 0 aliphatic heterocycles. The molecule has 6 aromatic carbocycles. The molecule has 104 heavy (non-hydrogen) atoms. The van der Waals surface area contributed by atoms with Crippen LogP contribution in [0, 0.1) is 11.8 Å². The van der Waals surface area contributed by atoms with Crippen LogP contribution in [0.3, 0.4) is 0 Å². The van der Waals surface area contributed by atoms with Crippen molar-refractivity contribution in [1.82, 2.24) is 31.4 Å². The quantitative estimate of drug-likeness (QED) is 0.00906. The van der Waals surface area contributed by atoms with E-state index in [2.05, 4.69) is 21.3 Å². The molecule has 0 saturated carbocycles. The van der Waals surface area contributed by atoms with E-state index in [1.54, 1.807) is 76.2 Å². The highest BCUT2D eigenvalue weighted by Crippen LogP contribution is 2.40. The number of ether oxygens (including phenoxy) is 4. The van der Waals surface area contributed by atoms with Crippen LogP contribution in [-0.4, -0.2) is 97.1 Å². The number of carbonyl (C=O) groups excluding carboxylic acids is 8. The van der Waals surface area contributed by atoms with Crippen molar-refractivity contribution in [3.63, 3.8) is 0 Å². The Balaban J connectivity index is 0.862. The first-order valence-corrected chi connectivity index (χ1v) is 35.8. The van der Waals surface area contributed by atoms with Crippen LogP contribution in [0.5, 0.6) is 34.5 Å². The number of nitrogens with one attached hydrogen (secondary N) is 4. The van der Waals surface area contributed by atoms with Crippen molar-refractivity contribution >= 4 is 56.6 Å². The van der Waals surface area contributed by atoms with E-state index >= 15 is 0 Å². The number of nitrogens with zero attached hydrogens (tertiary/aromatic N) is 2. The minimum absolute atomic E-state index is 0.0416. The summed E-state index contributed by atoms with van der Waals surface area (Å²) in [6, 6.07) is 45.2. The van der Waals surface area contributed by atoms with E-state index in [0.29, 0.717) is 61.1 Å². The average Bonchev–Trinajstić information content (AvgIpc) is 1.54. The second-order valence-electron chi connectivity index (χ2n) is 23.8. The smallest absolute Gasteiger partial charge is 0.494 e. The minimum Gasteiger partial charge on any atom is -0.494 e. The van der Waals surface area contributed by atoms with Gasteiger partial charge in [-0.15, -0.1) is 0 Å². The Labute approximate surface area is 605 Å². The Hall–Kier alpha value is -11.5. The molecular formula is C78H88N6O19P+. The highest BCUT2D eigenvalue weighted by Gasteiger charge is 2.37. The number of hydrogen-bond donors (Lipinski definition) is 4. The molecule has 0 aliphatic rings. The third-order valence-electron chi connectivity index (χ3n) is 16.6. The predicted molar refractivity (Wildman–Crippen MR) is 385 cm³/mol. The maximum atomic E-state index is 14.0. The lowest BCUT2D eigenvalue weighted by atomic mass is 9.90. The molecule has 6 amide bonds. The summed E-state index contributed by atoms with van der Waals surface area (Å²) in [5, 5.41) is 12.5. The van der Waals surface area contributed by atoms with Gasteiger partial charge >= 0.3 is 20.2 Å². The van der Waals surface area contributed by atoms with Gasteiger partial charge in [0, 0.05) is 27.8 Å². The highest BCUT2D eigenvalue weighted by molar-refractivity contribution is 7.34. The zero-order valence-electron chi connectivity index (χ0n) is 59.0. The van der Waals surface area contributed by atoms with Crippen molar-refractivity contribution in [3.05, 3.63) is 204 Å². The van der Waals surface area contributed by atoms with Gasteiger partial charge in [-0.2, -0.15) is 10.1 Å². The number of furan rings is 2. The van der Waals surface area contributed by atoms with Crippen molar-refractivity contribution < 1.29 is 89.4 Å². The van der Waals surface area contributed by atoms with E-state index in [4.69, 9.17) is 46.5 Å². The first-order chi connectivity index (χ1) is 50.6. The van der Waals surface area contributed by atoms with Gasteiger partial charge in [-0.1, -0.05) is 151 Å². The molecule has 0 bridgehead atoms. The Morgan fingerprint density at radius 2 is 0.837 bits per heavy atom. The van der Waals surface area contributed by atoms with Gasteiger partial charge in [-0.25, -0.2) is 18.6 Å². The number of carbonyl (C=O) groups is 8. The summed E-state index contributed by atoms with van der Waals surface area (Å²) in [7, 11) is -2.97. The molecule has 2 aromatic heterocycles. The van der Waals surface area contributed by atoms with Gasteiger partial charge in [0.1, 0.15) is 58.9 Å². The number of hydroxylamine groups is 4. The van der Waals surface area contributed by atoms with Crippen LogP contribution < -0.4 is 49.3 Å². The van der Waals surface area contributed by atoms with Gasteiger partial charge in [-0.05, 0) is 123 Å². The molecule has 0 fully saturated rings. The zero-order valence-corrected chi connectivity index (χ0v) is 59.9. The Morgan fingerprint density at radius 1 is 0.452 bits per heavy atom. The third-order valence-corrected chi connectivity index (χ3v) is 17.3. The first kappa shape index (κ1) is 78.3. The lowest BCUT2D eigenvalue weighted by Gasteiger charge is -2.32. The molecule has 4 N–H and O–H groups in total. The van der Waals surface area contributed by atoms with E-state index in [1.807, 2.05) is 74.5 Å². The lowest BCUT2D eigenvalue weighted by Crippen LogP contribution is -2.49. The zero-order chi connectivity index (χ0) is 74.2. The molecule has 0 unspecified atom stereocenters. The molecule has 8 rings (SSSR count). The second-order valence-corrected chi connectivity index (χ2v) is 24.6. The summed E-state index contributed by atoms with van der Waals surface area (Å²) in [4.78, 5) is 119. The average molecular weight is 1440 g/mol. The van der Waals surface area contributed by atoms with E-state index in [-0.39, 0.29) is 110 Å². The number of hydrogen-bond acceptors (Lipinski definition) is 19. The molecule has 26 heteroatoms. The maximum absolute atomic E-state index is 14.0. The number of para-hydroxylation sites is 2. The third kappa shape index (κ3) is 22.8. The Kier molecular flexibility index (Phi) is 30.7.